The van der Waals surface area contributed by atoms with Gasteiger partial charge < -0.3 is 9.84 Å². The first-order valence-corrected chi connectivity index (χ1v) is 9.64. The van der Waals surface area contributed by atoms with Crippen molar-refractivity contribution >= 4 is 21.6 Å². The summed E-state index contributed by atoms with van der Waals surface area (Å²) in [6.07, 6.45) is 2.14. The Morgan fingerprint density at radius 1 is 1.35 bits per heavy atom. The maximum atomic E-state index is 10.5. The van der Waals surface area contributed by atoms with Crippen molar-refractivity contribution < 1.29 is 9.84 Å². The lowest BCUT2D eigenvalue weighted by Gasteiger charge is -2.19. The summed E-state index contributed by atoms with van der Waals surface area (Å²) in [6, 6.07) is 12.0. The van der Waals surface area contributed by atoms with Crippen LogP contribution in [0.5, 0.6) is 11.5 Å². The molecule has 0 saturated heterocycles. The number of hydrogen-bond acceptors (Lipinski definition) is 5. The van der Waals surface area contributed by atoms with Gasteiger partial charge in [-0.1, -0.05) is 23.8 Å². The summed E-state index contributed by atoms with van der Waals surface area (Å²) in [4.78, 5) is 7.07. The summed E-state index contributed by atoms with van der Waals surface area (Å²) in [5.74, 6) is 0.803. The van der Waals surface area contributed by atoms with Gasteiger partial charge in [0.2, 0.25) is 0 Å². The summed E-state index contributed by atoms with van der Waals surface area (Å²) in [5.41, 5.74) is 4.28. The number of rotatable bonds is 3. The molecule has 0 unspecified atom stereocenters. The van der Waals surface area contributed by atoms with Crippen LogP contribution in [0.2, 0.25) is 0 Å². The first-order valence-electron chi connectivity index (χ1n) is 8.83. The summed E-state index contributed by atoms with van der Waals surface area (Å²) < 4.78 is 7.00. The molecule has 0 amide bonds. The Labute approximate surface area is 157 Å². The van der Waals surface area contributed by atoms with E-state index >= 15 is 0 Å². The number of ether oxygens (including phenoxy) is 1. The molecule has 0 aliphatic carbocycles. The van der Waals surface area contributed by atoms with Gasteiger partial charge >= 0.3 is 0 Å². The van der Waals surface area contributed by atoms with E-state index < -0.39 is 0 Å². The van der Waals surface area contributed by atoms with Gasteiger partial charge in [-0.25, -0.2) is 4.98 Å². The van der Waals surface area contributed by atoms with Crippen molar-refractivity contribution in [2.75, 3.05) is 19.7 Å². The van der Waals surface area contributed by atoms with E-state index in [2.05, 4.69) is 37.0 Å². The summed E-state index contributed by atoms with van der Waals surface area (Å²) in [6.45, 7) is 7.29. The van der Waals surface area contributed by atoms with Crippen LogP contribution in [0, 0.1) is 0 Å². The largest absolute Gasteiger partial charge is 0.504 e. The molecular weight excluding hydrogens is 344 g/mol. The number of hydrogen-bond donors (Lipinski definition) is 1. The van der Waals surface area contributed by atoms with Crippen molar-refractivity contribution in [1.82, 2.24) is 9.88 Å². The van der Waals surface area contributed by atoms with Crippen molar-refractivity contribution in [3.05, 3.63) is 53.6 Å². The molecule has 4 nitrogen and oxygen atoms in total. The van der Waals surface area contributed by atoms with E-state index in [9.17, 15) is 5.11 Å². The molecule has 0 bridgehead atoms. The number of para-hydroxylation sites is 1. The predicted molar refractivity (Wildman–Crippen MR) is 107 cm³/mol. The second-order valence-electron chi connectivity index (χ2n) is 6.66. The van der Waals surface area contributed by atoms with Crippen LogP contribution in [-0.2, 0) is 6.54 Å². The number of thiazole rings is 1. The van der Waals surface area contributed by atoms with Crippen LogP contribution in [0.1, 0.15) is 19.4 Å². The maximum Gasteiger partial charge on any atom is 0.165 e. The number of nitrogens with zero attached hydrogens (tertiary/aromatic N) is 2. The molecule has 2 heterocycles. The smallest absolute Gasteiger partial charge is 0.165 e. The highest BCUT2D eigenvalue weighted by Crippen LogP contribution is 2.39. The number of aromatic hydroxyl groups is 1. The molecule has 3 aromatic rings. The molecule has 0 spiro atoms. The second-order valence-corrected chi connectivity index (χ2v) is 7.70. The average Bonchev–Trinajstić information content (AvgIpc) is 2.97. The van der Waals surface area contributed by atoms with Gasteiger partial charge in [-0.2, -0.15) is 0 Å². The molecule has 1 aliphatic heterocycles. The van der Waals surface area contributed by atoms with Crippen molar-refractivity contribution in [3.8, 4) is 22.1 Å². The Morgan fingerprint density at radius 3 is 3.00 bits per heavy atom. The zero-order valence-electron chi connectivity index (χ0n) is 15.0. The van der Waals surface area contributed by atoms with Gasteiger partial charge in [0, 0.05) is 30.8 Å². The number of aromatic nitrogens is 1. The van der Waals surface area contributed by atoms with Gasteiger partial charge in [0.25, 0.3) is 0 Å². The highest BCUT2D eigenvalue weighted by atomic mass is 32.1. The highest BCUT2D eigenvalue weighted by Gasteiger charge is 2.20. The summed E-state index contributed by atoms with van der Waals surface area (Å²) in [5, 5.41) is 11.5. The minimum absolute atomic E-state index is 0.196. The summed E-state index contributed by atoms with van der Waals surface area (Å²) >= 11 is 1.64. The molecule has 5 heteroatoms. The molecule has 26 heavy (non-hydrogen) atoms. The van der Waals surface area contributed by atoms with E-state index in [0.29, 0.717) is 12.4 Å². The molecule has 1 N–H and O–H groups in total. The molecule has 1 aromatic heterocycles. The normalized spacial score (nSPS) is 15.5. The lowest BCUT2D eigenvalue weighted by Crippen LogP contribution is -2.27. The van der Waals surface area contributed by atoms with Crippen LogP contribution in [0.25, 0.3) is 20.8 Å². The fraction of sp³-hybridized carbons (Fsp3) is 0.286. The zero-order chi connectivity index (χ0) is 18.1. The quantitative estimate of drug-likeness (QED) is 0.675. The van der Waals surface area contributed by atoms with E-state index in [1.807, 2.05) is 18.2 Å². The number of fused-ring (bicyclic) bond motifs is 2. The molecule has 0 radical (unpaired) electrons. The van der Waals surface area contributed by atoms with E-state index in [-0.39, 0.29) is 5.75 Å². The number of phenols is 1. The minimum atomic E-state index is 0.196. The van der Waals surface area contributed by atoms with Crippen LogP contribution < -0.4 is 4.74 Å². The topological polar surface area (TPSA) is 45.6 Å². The Morgan fingerprint density at radius 2 is 2.19 bits per heavy atom. The number of benzene rings is 2. The number of allylic oxidation sites excluding steroid dienone is 1. The molecule has 134 valence electrons. The van der Waals surface area contributed by atoms with Crippen LogP contribution >= 0.6 is 11.3 Å². The van der Waals surface area contributed by atoms with Crippen LogP contribution in [0.15, 0.2) is 48.0 Å². The van der Waals surface area contributed by atoms with E-state index in [1.54, 1.807) is 17.4 Å². The van der Waals surface area contributed by atoms with Crippen LogP contribution in [0.4, 0.5) is 0 Å². The molecule has 0 atom stereocenters. The van der Waals surface area contributed by atoms with Crippen molar-refractivity contribution in [2.24, 2.45) is 0 Å². The zero-order valence-corrected chi connectivity index (χ0v) is 15.8. The minimum Gasteiger partial charge on any atom is -0.504 e. The van der Waals surface area contributed by atoms with Crippen LogP contribution in [0.3, 0.4) is 0 Å². The molecular formula is C21H22N2O2S. The highest BCUT2D eigenvalue weighted by molar-refractivity contribution is 7.21. The third kappa shape index (κ3) is 3.32. The Bertz CT molecular complexity index is 944. The first-order chi connectivity index (χ1) is 12.6. The molecule has 0 fully saturated rings. The van der Waals surface area contributed by atoms with Crippen molar-refractivity contribution in [2.45, 2.75) is 20.4 Å². The van der Waals surface area contributed by atoms with Gasteiger partial charge in [0.05, 0.1) is 10.2 Å². The summed E-state index contributed by atoms with van der Waals surface area (Å²) in [7, 11) is 0. The van der Waals surface area contributed by atoms with Gasteiger partial charge in [-0.15, -0.1) is 11.3 Å². The fourth-order valence-electron chi connectivity index (χ4n) is 3.25. The van der Waals surface area contributed by atoms with Gasteiger partial charge in [-0.3, -0.25) is 4.90 Å². The van der Waals surface area contributed by atoms with Crippen molar-refractivity contribution in [3.63, 3.8) is 0 Å². The molecule has 4 rings (SSSR count). The average molecular weight is 366 g/mol. The third-order valence-corrected chi connectivity index (χ3v) is 5.79. The lowest BCUT2D eigenvalue weighted by molar-refractivity contribution is 0.235. The third-order valence-electron chi connectivity index (χ3n) is 4.70. The Kier molecular flexibility index (Phi) is 4.66. The second kappa shape index (κ2) is 7.09. The standard InChI is InChI=1S/C21H22N2O2S/c1-3-14(2)12-23-8-9-25-20-16(13-23)10-15(11-18(20)24)21-22-17-6-4-5-7-19(17)26-21/h3-7,10-11,24H,8-9,12-13H2,1-2H3. The monoisotopic (exact) mass is 366 g/mol. The number of phenolic OH excluding ortho intramolecular Hbond substituents is 1. The van der Waals surface area contributed by atoms with Gasteiger partial charge in [0.1, 0.15) is 11.6 Å². The van der Waals surface area contributed by atoms with Gasteiger partial charge in [-0.05, 0) is 38.1 Å². The fourth-order valence-corrected chi connectivity index (χ4v) is 4.20. The van der Waals surface area contributed by atoms with E-state index in [1.165, 1.54) is 5.57 Å². The Hall–Kier alpha value is -2.37. The van der Waals surface area contributed by atoms with Crippen LogP contribution in [-0.4, -0.2) is 34.7 Å². The molecule has 1 aliphatic rings. The predicted octanol–water partition coefficient (Wildman–Crippen LogP) is 4.83. The van der Waals surface area contributed by atoms with E-state index in [4.69, 9.17) is 9.72 Å². The molecule has 0 saturated carbocycles. The SMILES string of the molecule is CC=C(C)CN1CCOc2c(O)cc(-c3nc4ccccc4s3)cc2C1. The van der Waals surface area contributed by atoms with E-state index in [0.717, 1.165) is 46.0 Å². The Balaban J connectivity index is 1.72. The first kappa shape index (κ1) is 17.1. The molecule has 2 aromatic carbocycles. The van der Waals surface area contributed by atoms with Crippen molar-refractivity contribution in [1.29, 1.82) is 0 Å². The van der Waals surface area contributed by atoms with Gasteiger partial charge in [0.15, 0.2) is 11.5 Å². The maximum absolute atomic E-state index is 10.5. The lowest BCUT2D eigenvalue weighted by atomic mass is 10.1.